The highest BCUT2D eigenvalue weighted by Gasteiger charge is 2.49. The minimum Gasteiger partial charge on any atom is -0.469 e. The normalized spacial score (nSPS) is 33.1. The number of piperidine rings is 1. The van der Waals surface area contributed by atoms with Crippen molar-refractivity contribution in [1.29, 1.82) is 0 Å². The number of methoxy groups -OCH3 is 1. The molecule has 0 amide bonds. The van der Waals surface area contributed by atoms with Crippen LogP contribution in [0, 0.1) is 5.92 Å². The smallest absolute Gasteiger partial charge is 0.311 e. The number of ether oxygens (including phenoxy) is 1. The molecule has 2 unspecified atom stereocenters. The van der Waals surface area contributed by atoms with Crippen LogP contribution in [0.5, 0.6) is 0 Å². The van der Waals surface area contributed by atoms with Gasteiger partial charge in [0.05, 0.1) is 13.0 Å². The van der Waals surface area contributed by atoms with E-state index in [0.717, 1.165) is 12.8 Å². The molecule has 2 fully saturated rings. The van der Waals surface area contributed by atoms with Gasteiger partial charge in [-0.25, -0.2) is 0 Å². The number of carbonyl (C=O) groups excluding carboxylic acids is 1. The fourth-order valence-corrected chi connectivity index (χ4v) is 5.08. The molecular weight excluding hydrogens is 270 g/mol. The van der Waals surface area contributed by atoms with E-state index in [4.69, 9.17) is 4.74 Å². The molecule has 20 heavy (non-hydrogen) atoms. The van der Waals surface area contributed by atoms with Crippen molar-refractivity contribution >= 4 is 17.7 Å². The third-order valence-electron chi connectivity index (χ3n) is 4.72. The Labute approximate surface area is 124 Å². The minimum absolute atomic E-state index is 0.00560. The Morgan fingerprint density at radius 1 is 1.30 bits per heavy atom. The van der Waals surface area contributed by atoms with Crippen LogP contribution in [-0.4, -0.2) is 42.4 Å². The van der Waals surface area contributed by atoms with Crippen LogP contribution in [0.2, 0.25) is 0 Å². The number of esters is 1. The predicted octanol–water partition coefficient (Wildman–Crippen LogP) is 2.80. The number of thioether (sulfide) groups is 1. The fraction of sp³-hybridized carbons (Fsp3) is 0.562. The first kappa shape index (κ1) is 14.0. The van der Waals surface area contributed by atoms with Crippen molar-refractivity contribution in [3.63, 3.8) is 0 Å². The topological polar surface area (TPSA) is 29.5 Å². The highest BCUT2D eigenvalue weighted by atomic mass is 32.2. The van der Waals surface area contributed by atoms with Crippen LogP contribution >= 0.6 is 11.8 Å². The van der Waals surface area contributed by atoms with E-state index >= 15 is 0 Å². The Morgan fingerprint density at radius 2 is 2.05 bits per heavy atom. The zero-order chi connectivity index (χ0) is 14.1. The average molecular weight is 291 g/mol. The van der Waals surface area contributed by atoms with Crippen molar-refractivity contribution < 1.29 is 9.53 Å². The van der Waals surface area contributed by atoms with Crippen molar-refractivity contribution in [3.05, 3.63) is 30.3 Å². The molecule has 0 spiro atoms. The lowest BCUT2D eigenvalue weighted by Crippen LogP contribution is -2.51. The molecule has 3 nitrogen and oxygen atoms in total. The summed E-state index contributed by atoms with van der Waals surface area (Å²) in [6.45, 7) is 0. The van der Waals surface area contributed by atoms with Gasteiger partial charge in [0.15, 0.2) is 0 Å². The van der Waals surface area contributed by atoms with Gasteiger partial charge < -0.3 is 4.74 Å². The Bertz CT molecular complexity index is 479. The number of carbonyl (C=O) groups is 1. The van der Waals surface area contributed by atoms with Gasteiger partial charge in [0, 0.05) is 22.2 Å². The third kappa shape index (κ3) is 2.47. The number of hydrogen-bond acceptors (Lipinski definition) is 4. The first-order chi connectivity index (χ1) is 9.70. The first-order valence-corrected chi connectivity index (χ1v) is 8.10. The molecule has 4 atom stereocenters. The molecule has 1 aromatic rings. The van der Waals surface area contributed by atoms with Gasteiger partial charge in [-0.15, -0.1) is 11.8 Å². The Kier molecular flexibility index (Phi) is 4.03. The van der Waals surface area contributed by atoms with Crippen LogP contribution in [-0.2, 0) is 9.53 Å². The molecular formula is C16H21NO2S. The monoisotopic (exact) mass is 291 g/mol. The molecule has 2 saturated heterocycles. The van der Waals surface area contributed by atoms with Crippen LogP contribution < -0.4 is 0 Å². The van der Waals surface area contributed by atoms with Gasteiger partial charge in [0.1, 0.15) is 0 Å². The fourth-order valence-electron chi connectivity index (χ4n) is 3.66. The average Bonchev–Trinajstić information content (AvgIpc) is 2.72. The molecule has 108 valence electrons. The summed E-state index contributed by atoms with van der Waals surface area (Å²) in [5.41, 5.74) is 0. The molecule has 0 N–H and O–H groups in total. The number of benzene rings is 1. The molecule has 0 aliphatic carbocycles. The molecule has 0 radical (unpaired) electrons. The summed E-state index contributed by atoms with van der Waals surface area (Å²) in [5.74, 6) is -0.0513. The van der Waals surface area contributed by atoms with Gasteiger partial charge >= 0.3 is 5.97 Å². The van der Waals surface area contributed by atoms with E-state index in [9.17, 15) is 4.79 Å². The second-order valence-corrected chi connectivity index (χ2v) is 7.03. The summed E-state index contributed by atoms with van der Waals surface area (Å²) in [4.78, 5) is 15.9. The molecule has 2 aliphatic heterocycles. The van der Waals surface area contributed by atoms with Crippen molar-refractivity contribution in [2.45, 2.75) is 41.5 Å². The highest BCUT2D eigenvalue weighted by Crippen LogP contribution is 2.45. The van der Waals surface area contributed by atoms with E-state index in [1.54, 1.807) is 0 Å². The summed E-state index contributed by atoms with van der Waals surface area (Å²) >= 11 is 1.84. The van der Waals surface area contributed by atoms with Crippen LogP contribution in [0.4, 0.5) is 0 Å². The van der Waals surface area contributed by atoms with Gasteiger partial charge in [-0.2, -0.15) is 0 Å². The number of nitrogens with zero attached hydrogens (tertiary/aromatic N) is 1. The quantitative estimate of drug-likeness (QED) is 0.801. The van der Waals surface area contributed by atoms with Gasteiger partial charge in [-0.3, -0.25) is 9.69 Å². The van der Waals surface area contributed by atoms with Gasteiger partial charge in [-0.05, 0) is 38.4 Å². The predicted molar refractivity (Wildman–Crippen MR) is 80.8 cm³/mol. The zero-order valence-electron chi connectivity index (χ0n) is 12.0. The van der Waals surface area contributed by atoms with E-state index in [1.165, 1.54) is 18.4 Å². The third-order valence-corrected chi connectivity index (χ3v) is 6.05. The molecule has 2 bridgehead atoms. The molecule has 3 rings (SSSR count). The lowest BCUT2D eigenvalue weighted by molar-refractivity contribution is -0.148. The van der Waals surface area contributed by atoms with Gasteiger partial charge in [-0.1, -0.05) is 18.2 Å². The summed E-state index contributed by atoms with van der Waals surface area (Å²) in [6.07, 6.45) is 3.40. The van der Waals surface area contributed by atoms with Gasteiger partial charge in [0.2, 0.25) is 0 Å². The SMILES string of the molecule is COC(=O)[C@H]1C2CCC(C[C@H]1Sc1ccccc1)N2C. The molecule has 4 heteroatoms. The van der Waals surface area contributed by atoms with Gasteiger partial charge in [0.25, 0.3) is 0 Å². The van der Waals surface area contributed by atoms with Crippen LogP contribution in [0.15, 0.2) is 35.2 Å². The molecule has 0 saturated carbocycles. The Hall–Kier alpha value is -1.00. The van der Waals surface area contributed by atoms with E-state index < -0.39 is 0 Å². The lowest BCUT2D eigenvalue weighted by Gasteiger charge is -2.41. The van der Waals surface area contributed by atoms with Crippen LogP contribution in [0.3, 0.4) is 0 Å². The molecule has 1 aromatic carbocycles. The standard InChI is InChI=1S/C16H21NO2S/c1-17-11-8-9-13(17)15(16(18)19-2)14(10-11)20-12-6-4-3-5-7-12/h3-7,11,13-15H,8-10H2,1-2H3/t11?,13?,14-,15+/m1/s1. The minimum atomic E-state index is -0.0457. The molecule has 2 aliphatic rings. The van der Waals surface area contributed by atoms with Crippen molar-refractivity contribution in [3.8, 4) is 0 Å². The number of rotatable bonds is 3. The Balaban J connectivity index is 1.82. The van der Waals surface area contributed by atoms with Crippen molar-refractivity contribution in [1.82, 2.24) is 4.90 Å². The highest BCUT2D eigenvalue weighted by molar-refractivity contribution is 8.00. The zero-order valence-corrected chi connectivity index (χ0v) is 12.8. The molecule has 2 heterocycles. The number of fused-ring (bicyclic) bond motifs is 2. The maximum atomic E-state index is 12.2. The lowest BCUT2D eigenvalue weighted by atomic mass is 9.90. The second kappa shape index (κ2) is 5.78. The largest absolute Gasteiger partial charge is 0.469 e. The maximum absolute atomic E-state index is 12.2. The van der Waals surface area contributed by atoms with Crippen LogP contribution in [0.1, 0.15) is 19.3 Å². The van der Waals surface area contributed by atoms with E-state index in [-0.39, 0.29) is 11.9 Å². The summed E-state index contributed by atoms with van der Waals surface area (Å²) in [5, 5.41) is 0.332. The van der Waals surface area contributed by atoms with Crippen LogP contribution in [0.25, 0.3) is 0 Å². The van der Waals surface area contributed by atoms with Crippen molar-refractivity contribution in [2.24, 2.45) is 5.92 Å². The summed E-state index contributed by atoms with van der Waals surface area (Å²) < 4.78 is 5.08. The van der Waals surface area contributed by atoms with E-state index in [0.29, 0.717) is 17.3 Å². The first-order valence-electron chi connectivity index (χ1n) is 7.22. The Morgan fingerprint density at radius 3 is 2.75 bits per heavy atom. The molecule has 0 aromatic heterocycles. The summed E-state index contributed by atoms with van der Waals surface area (Å²) in [7, 11) is 3.66. The van der Waals surface area contributed by atoms with E-state index in [2.05, 4.69) is 36.2 Å². The maximum Gasteiger partial charge on any atom is 0.311 e. The van der Waals surface area contributed by atoms with Crippen molar-refractivity contribution in [2.75, 3.05) is 14.2 Å². The second-order valence-electron chi connectivity index (χ2n) is 5.72. The summed E-state index contributed by atoms with van der Waals surface area (Å²) in [6, 6.07) is 11.4. The van der Waals surface area contributed by atoms with E-state index in [1.807, 2.05) is 17.8 Å². The number of hydrogen-bond donors (Lipinski definition) is 0.